The van der Waals surface area contributed by atoms with Crippen LogP contribution < -0.4 is 0 Å². The van der Waals surface area contributed by atoms with Crippen LogP contribution in [0.1, 0.15) is 27.7 Å². The summed E-state index contributed by atoms with van der Waals surface area (Å²) < 4.78 is 9.48. The molecule has 0 heterocycles. The summed E-state index contributed by atoms with van der Waals surface area (Å²) in [6.07, 6.45) is 2.69. The smallest absolute Gasteiger partial charge is 0.151 e. The zero-order chi connectivity index (χ0) is 10.9. The van der Waals surface area contributed by atoms with E-state index >= 15 is 0 Å². The molecule has 13 heavy (non-hydrogen) atoms. The molecule has 0 aliphatic heterocycles. The van der Waals surface area contributed by atoms with Crippen LogP contribution in [0, 0.1) is 0 Å². The Balaban J connectivity index is 0. The Morgan fingerprint density at radius 1 is 1.31 bits per heavy atom. The number of carbonyl (C=O) groups is 1. The zero-order valence-corrected chi connectivity index (χ0v) is 9.38. The highest BCUT2D eigenvalue weighted by Crippen LogP contribution is 1.99. The first-order valence-corrected chi connectivity index (χ1v) is 4.12. The summed E-state index contributed by atoms with van der Waals surface area (Å²) in [6, 6.07) is 0. The second kappa shape index (κ2) is 7.80. The molecule has 0 spiro atoms. The molecule has 0 aromatic rings. The van der Waals surface area contributed by atoms with Gasteiger partial charge < -0.3 is 14.3 Å². The summed E-state index contributed by atoms with van der Waals surface area (Å²) in [7, 11) is 3.17. The first kappa shape index (κ1) is 14.7. The second-order valence-electron chi connectivity index (χ2n) is 3.03. The van der Waals surface area contributed by atoms with Crippen LogP contribution >= 0.6 is 0 Å². The third kappa shape index (κ3) is 11.2. The molecule has 0 N–H and O–H groups in total. The predicted octanol–water partition coefficient (Wildman–Crippen LogP) is 2.17. The van der Waals surface area contributed by atoms with Gasteiger partial charge in [-0.3, -0.25) is 0 Å². The fourth-order valence-electron chi connectivity index (χ4n) is 0.166. The zero-order valence-electron chi connectivity index (χ0n) is 9.38. The molecule has 0 unspecified atom stereocenters. The van der Waals surface area contributed by atoms with Gasteiger partial charge in [-0.15, -0.1) is 0 Å². The van der Waals surface area contributed by atoms with Gasteiger partial charge in [0, 0.05) is 7.11 Å². The highest BCUT2D eigenvalue weighted by atomic mass is 16.5. The van der Waals surface area contributed by atoms with E-state index in [9.17, 15) is 4.79 Å². The molecule has 0 aliphatic rings. The van der Waals surface area contributed by atoms with Crippen molar-refractivity contribution >= 4 is 6.29 Å². The second-order valence-corrected chi connectivity index (χ2v) is 3.03. The van der Waals surface area contributed by atoms with Gasteiger partial charge >= 0.3 is 0 Å². The monoisotopic (exact) mass is 188 g/mol. The van der Waals surface area contributed by atoms with Crippen molar-refractivity contribution in [1.29, 1.82) is 0 Å². The van der Waals surface area contributed by atoms with Crippen molar-refractivity contribution in [3.63, 3.8) is 0 Å². The molecular weight excluding hydrogens is 168 g/mol. The van der Waals surface area contributed by atoms with Crippen molar-refractivity contribution in [2.45, 2.75) is 33.3 Å². The van der Waals surface area contributed by atoms with E-state index in [0.717, 1.165) is 12.0 Å². The van der Waals surface area contributed by atoms with Gasteiger partial charge in [0.15, 0.2) is 6.29 Å². The first-order chi connectivity index (χ1) is 5.93. The van der Waals surface area contributed by atoms with Gasteiger partial charge in [0.05, 0.1) is 12.9 Å². The SMILES string of the molecule is C/C=C(\C)OC.COC(C)(C)C=O. The van der Waals surface area contributed by atoms with Crippen LogP contribution in [0.15, 0.2) is 11.8 Å². The van der Waals surface area contributed by atoms with Crippen molar-refractivity contribution in [2.75, 3.05) is 14.2 Å². The number of allylic oxidation sites excluding steroid dienone is 2. The minimum absolute atomic E-state index is 0.597. The summed E-state index contributed by atoms with van der Waals surface area (Å²) in [6.45, 7) is 7.28. The van der Waals surface area contributed by atoms with Crippen LogP contribution in [0.4, 0.5) is 0 Å². The third-order valence-electron chi connectivity index (χ3n) is 1.54. The molecule has 0 aromatic heterocycles. The molecule has 0 bridgehead atoms. The number of hydrogen-bond donors (Lipinski definition) is 0. The predicted molar refractivity (Wildman–Crippen MR) is 53.6 cm³/mol. The molecule has 0 fully saturated rings. The molecule has 0 saturated heterocycles. The summed E-state index contributed by atoms with van der Waals surface area (Å²) in [5.41, 5.74) is -0.597. The molecule has 0 aromatic carbocycles. The topological polar surface area (TPSA) is 35.5 Å². The lowest BCUT2D eigenvalue weighted by atomic mass is 10.2. The van der Waals surface area contributed by atoms with E-state index in [1.54, 1.807) is 21.0 Å². The molecule has 0 amide bonds. The number of ether oxygens (including phenoxy) is 2. The Kier molecular flexibility index (Phi) is 8.81. The van der Waals surface area contributed by atoms with E-state index in [1.165, 1.54) is 7.11 Å². The quantitative estimate of drug-likeness (QED) is 0.503. The van der Waals surface area contributed by atoms with Crippen molar-refractivity contribution in [3.8, 4) is 0 Å². The van der Waals surface area contributed by atoms with Gasteiger partial charge in [0.25, 0.3) is 0 Å². The first-order valence-electron chi connectivity index (χ1n) is 4.12. The molecular formula is C10H20O3. The Morgan fingerprint density at radius 2 is 1.77 bits per heavy atom. The minimum Gasteiger partial charge on any atom is -0.502 e. The lowest BCUT2D eigenvalue weighted by Crippen LogP contribution is -2.23. The van der Waals surface area contributed by atoms with E-state index in [0.29, 0.717) is 0 Å². The minimum atomic E-state index is -0.597. The average molecular weight is 188 g/mol. The lowest BCUT2D eigenvalue weighted by molar-refractivity contribution is -0.123. The number of methoxy groups -OCH3 is 2. The Hall–Kier alpha value is -0.830. The van der Waals surface area contributed by atoms with Crippen LogP contribution in [0.5, 0.6) is 0 Å². The Bertz CT molecular complexity index is 160. The molecule has 0 saturated carbocycles. The van der Waals surface area contributed by atoms with Crippen LogP contribution in [-0.4, -0.2) is 26.1 Å². The summed E-state index contributed by atoms with van der Waals surface area (Å²) in [4.78, 5) is 9.93. The molecule has 0 atom stereocenters. The van der Waals surface area contributed by atoms with Crippen LogP contribution in [0.25, 0.3) is 0 Å². The maximum Gasteiger partial charge on any atom is 0.151 e. The molecule has 78 valence electrons. The summed E-state index contributed by atoms with van der Waals surface area (Å²) >= 11 is 0. The molecule has 3 heteroatoms. The third-order valence-corrected chi connectivity index (χ3v) is 1.54. The van der Waals surface area contributed by atoms with Crippen molar-refractivity contribution < 1.29 is 14.3 Å². The number of carbonyl (C=O) groups excluding carboxylic acids is 1. The van der Waals surface area contributed by atoms with Crippen molar-refractivity contribution in [1.82, 2.24) is 0 Å². The van der Waals surface area contributed by atoms with Gasteiger partial charge in [0.2, 0.25) is 0 Å². The lowest BCUT2D eigenvalue weighted by Gasteiger charge is -2.12. The van der Waals surface area contributed by atoms with Crippen molar-refractivity contribution in [2.24, 2.45) is 0 Å². The van der Waals surface area contributed by atoms with Gasteiger partial charge in [-0.2, -0.15) is 0 Å². The molecule has 3 nitrogen and oxygen atoms in total. The Morgan fingerprint density at radius 3 is 1.77 bits per heavy atom. The van der Waals surface area contributed by atoms with Gasteiger partial charge in [-0.05, 0) is 27.7 Å². The van der Waals surface area contributed by atoms with E-state index in [1.807, 2.05) is 19.9 Å². The van der Waals surface area contributed by atoms with Crippen LogP contribution in [-0.2, 0) is 14.3 Å². The van der Waals surface area contributed by atoms with E-state index < -0.39 is 5.60 Å². The summed E-state index contributed by atoms with van der Waals surface area (Å²) in [5, 5.41) is 0. The highest BCUT2D eigenvalue weighted by Gasteiger charge is 2.12. The molecule has 0 radical (unpaired) electrons. The number of hydrogen-bond acceptors (Lipinski definition) is 3. The van der Waals surface area contributed by atoms with E-state index in [4.69, 9.17) is 9.47 Å². The summed E-state index contributed by atoms with van der Waals surface area (Å²) in [5.74, 6) is 0.968. The van der Waals surface area contributed by atoms with E-state index in [2.05, 4.69) is 0 Å². The van der Waals surface area contributed by atoms with Gasteiger partial charge in [-0.1, -0.05) is 6.08 Å². The fraction of sp³-hybridized carbons (Fsp3) is 0.700. The maximum absolute atomic E-state index is 9.93. The maximum atomic E-state index is 9.93. The van der Waals surface area contributed by atoms with Crippen LogP contribution in [0.3, 0.4) is 0 Å². The standard InChI is InChI=1S/C5H10O2.C5H10O/c1-5(2,4-6)7-3;1-4-5(2)6-3/h4H,1-3H3;4H,1-3H3/b;5-4+. The fourth-order valence-corrected chi connectivity index (χ4v) is 0.166. The average Bonchev–Trinajstić information content (AvgIpc) is 2.17. The van der Waals surface area contributed by atoms with Gasteiger partial charge in [0.1, 0.15) is 5.60 Å². The van der Waals surface area contributed by atoms with Crippen molar-refractivity contribution in [3.05, 3.63) is 11.8 Å². The number of aldehydes is 1. The molecule has 0 rings (SSSR count). The Labute approximate surface area is 80.7 Å². The molecule has 0 aliphatic carbocycles. The highest BCUT2D eigenvalue weighted by molar-refractivity contribution is 5.60. The number of rotatable bonds is 3. The van der Waals surface area contributed by atoms with E-state index in [-0.39, 0.29) is 0 Å². The van der Waals surface area contributed by atoms with Gasteiger partial charge in [-0.25, -0.2) is 0 Å². The normalized spacial score (nSPS) is 11.4. The largest absolute Gasteiger partial charge is 0.502 e. The van der Waals surface area contributed by atoms with Crippen LogP contribution in [0.2, 0.25) is 0 Å².